The SMILES string of the molecule is CCCCCCOc1ccc(C(=O)NNC(=O)c2ccccc2OCCC)cc1. The highest BCUT2D eigenvalue weighted by Crippen LogP contribution is 2.18. The number of ether oxygens (including phenoxy) is 2. The van der Waals surface area contributed by atoms with Crippen molar-refractivity contribution in [1.82, 2.24) is 10.9 Å². The zero-order valence-electron chi connectivity index (χ0n) is 17.2. The third-order valence-corrected chi connectivity index (χ3v) is 4.27. The van der Waals surface area contributed by atoms with E-state index >= 15 is 0 Å². The predicted octanol–water partition coefficient (Wildman–Crippen LogP) is 4.51. The Bertz CT molecular complexity index is 775. The van der Waals surface area contributed by atoms with Crippen LogP contribution >= 0.6 is 0 Å². The van der Waals surface area contributed by atoms with Crippen LogP contribution < -0.4 is 20.3 Å². The van der Waals surface area contributed by atoms with E-state index in [1.165, 1.54) is 12.8 Å². The highest BCUT2D eigenvalue weighted by Gasteiger charge is 2.13. The zero-order valence-corrected chi connectivity index (χ0v) is 17.2. The van der Waals surface area contributed by atoms with Gasteiger partial charge >= 0.3 is 0 Å². The summed E-state index contributed by atoms with van der Waals surface area (Å²) in [6, 6.07) is 13.8. The quantitative estimate of drug-likeness (QED) is 0.431. The lowest BCUT2D eigenvalue weighted by Crippen LogP contribution is -2.41. The summed E-state index contributed by atoms with van der Waals surface area (Å²) < 4.78 is 11.3. The molecule has 2 aromatic rings. The minimum absolute atomic E-state index is 0.369. The molecule has 2 N–H and O–H groups in total. The lowest BCUT2D eigenvalue weighted by Gasteiger charge is -2.12. The lowest BCUT2D eigenvalue weighted by atomic mass is 10.2. The molecule has 156 valence electrons. The largest absolute Gasteiger partial charge is 0.494 e. The van der Waals surface area contributed by atoms with E-state index in [9.17, 15) is 9.59 Å². The Kier molecular flexibility index (Phi) is 9.55. The van der Waals surface area contributed by atoms with Gasteiger partial charge in [0.2, 0.25) is 0 Å². The number of unbranched alkanes of at least 4 members (excludes halogenated alkanes) is 3. The van der Waals surface area contributed by atoms with Gasteiger partial charge in [-0.05, 0) is 49.2 Å². The van der Waals surface area contributed by atoms with Crippen LogP contribution in [0.2, 0.25) is 0 Å². The van der Waals surface area contributed by atoms with Crippen LogP contribution in [-0.2, 0) is 0 Å². The van der Waals surface area contributed by atoms with Crippen molar-refractivity contribution >= 4 is 11.8 Å². The Morgan fingerprint density at radius 2 is 1.48 bits per heavy atom. The second-order valence-electron chi connectivity index (χ2n) is 6.69. The number of hydrogen-bond donors (Lipinski definition) is 2. The molecule has 0 heterocycles. The molecular formula is C23H30N2O4. The number of para-hydroxylation sites is 1. The summed E-state index contributed by atoms with van der Waals surface area (Å²) in [7, 11) is 0. The van der Waals surface area contributed by atoms with Crippen LogP contribution in [0, 0.1) is 0 Å². The van der Waals surface area contributed by atoms with Crippen molar-refractivity contribution in [2.75, 3.05) is 13.2 Å². The van der Waals surface area contributed by atoms with Gasteiger partial charge in [-0.25, -0.2) is 0 Å². The maximum Gasteiger partial charge on any atom is 0.273 e. The number of benzene rings is 2. The average Bonchev–Trinajstić information content (AvgIpc) is 2.76. The van der Waals surface area contributed by atoms with E-state index in [1.807, 2.05) is 6.92 Å². The summed E-state index contributed by atoms with van der Waals surface area (Å²) in [6.45, 7) is 5.35. The van der Waals surface area contributed by atoms with E-state index in [0.29, 0.717) is 30.1 Å². The molecule has 0 saturated heterocycles. The Labute approximate surface area is 172 Å². The number of nitrogens with one attached hydrogen (secondary N) is 2. The van der Waals surface area contributed by atoms with Crippen LogP contribution in [0.15, 0.2) is 48.5 Å². The standard InChI is InChI=1S/C23H30N2O4/c1-3-5-6-9-17-28-19-14-12-18(13-15-19)22(26)24-25-23(27)20-10-7-8-11-21(20)29-16-4-2/h7-8,10-15H,3-6,9,16-17H2,1-2H3,(H,24,26)(H,25,27). The van der Waals surface area contributed by atoms with Crippen LogP contribution in [0.1, 0.15) is 66.7 Å². The molecule has 2 amide bonds. The fraction of sp³-hybridized carbons (Fsp3) is 0.391. The predicted molar refractivity (Wildman–Crippen MR) is 113 cm³/mol. The van der Waals surface area contributed by atoms with Crippen LogP contribution in [-0.4, -0.2) is 25.0 Å². The second kappa shape index (κ2) is 12.4. The lowest BCUT2D eigenvalue weighted by molar-refractivity contribution is 0.0844. The van der Waals surface area contributed by atoms with Gasteiger partial charge in [0, 0.05) is 5.56 Å². The maximum atomic E-state index is 12.4. The molecule has 0 aliphatic rings. The number of carbonyl (C=O) groups is 2. The van der Waals surface area contributed by atoms with Crippen molar-refractivity contribution in [3.8, 4) is 11.5 Å². The van der Waals surface area contributed by atoms with E-state index in [0.717, 1.165) is 25.0 Å². The van der Waals surface area contributed by atoms with Gasteiger partial charge in [-0.3, -0.25) is 20.4 Å². The molecule has 6 heteroatoms. The summed E-state index contributed by atoms with van der Waals surface area (Å²) in [5, 5.41) is 0. The Hall–Kier alpha value is -3.02. The molecule has 29 heavy (non-hydrogen) atoms. The molecule has 6 nitrogen and oxygen atoms in total. The summed E-state index contributed by atoms with van der Waals surface area (Å²) in [5.41, 5.74) is 5.66. The van der Waals surface area contributed by atoms with Crippen LogP contribution in [0.25, 0.3) is 0 Å². The minimum atomic E-state index is -0.433. The summed E-state index contributed by atoms with van der Waals surface area (Å²) >= 11 is 0. The summed E-state index contributed by atoms with van der Waals surface area (Å²) in [5.74, 6) is 0.377. The minimum Gasteiger partial charge on any atom is -0.494 e. The fourth-order valence-electron chi connectivity index (χ4n) is 2.67. The number of rotatable bonds is 11. The first-order chi connectivity index (χ1) is 14.2. The van der Waals surface area contributed by atoms with Crippen LogP contribution in [0.4, 0.5) is 0 Å². The zero-order chi connectivity index (χ0) is 20.9. The summed E-state index contributed by atoms with van der Waals surface area (Å²) in [6.07, 6.45) is 5.42. The van der Waals surface area contributed by atoms with Crippen molar-refractivity contribution < 1.29 is 19.1 Å². The van der Waals surface area contributed by atoms with E-state index in [4.69, 9.17) is 9.47 Å². The van der Waals surface area contributed by atoms with Gasteiger partial charge in [-0.1, -0.05) is 45.2 Å². The van der Waals surface area contributed by atoms with Crippen molar-refractivity contribution in [2.45, 2.75) is 46.0 Å². The van der Waals surface area contributed by atoms with Crippen LogP contribution in [0.5, 0.6) is 11.5 Å². The molecule has 0 aliphatic heterocycles. The van der Waals surface area contributed by atoms with E-state index in [-0.39, 0.29) is 0 Å². The molecule has 0 fully saturated rings. The molecule has 2 aromatic carbocycles. The molecule has 2 rings (SSSR count). The Morgan fingerprint density at radius 3 is 2.21 bits per heavy atom. The molecule has 0 radical (unpaired) electrons. The first-order valence-corrected chi connectivity index (χ1v) is 10.2. The van der Waals surface area contributed by atoms with E-state index in [1.54, 1.807) is 48.5 Å². The number of amides is 2. The molecule has 0 saturated carbocycles. The van der Waals surface area contributed by atoms with E-state index < -0.39 is 11.8 Å². The van der Waals surface area contributed by atoms with Crippen molar-refractivity contribution in [3.05, 3.63) is 59.7 Å². The summed E-state index contributed by atoms with van der Waals surface area (Å²) in [4.78, 5) is 24.7. The van der Waals surface area contributed by atoms with Crippen molar-refractivity contribution in [2.24, 2.45) is 0 Å². The van der Waals surface area contributed by atoms with Gasteiger partial charge in [-0.15, -0.1) is 0 Å². The van der Waals surface area contributed by atoms with E-state index in [2.05, 4.69) is 17.8 Å². The average molecular weight is 399 g/mol. The normalized spacial score (nSPS) is 10.3. The van der Waals surface area contributed by atoms with Crippen molar-refractivity contribution in [1.29, 1.82) is 0 Å². The number of carbonyl (C=O) groups excluding carboxylic acids is 2. The van der Waals surface area contributed by atoms with Gasteiger partial charge in [0.1, 0.15) is 11.5 Å². The van der Waals surface area contributed by atoms with Gasteiger partial charge in [-0.2, -0.15) is 0 Å². The molecule has 0 aliphatic carbocycles. The third kappa shape index (κ3) is 7.49. The Morgan fingerprint density at radius 1 is 0.759 bits per heavy atom. The van der Waals surface area contributed by atoms with Crippen LogP contribution in [0.3, 0.4) is 0 Å². The molecule has 0 atom stereocenters. The molecule has 0 unspecified atom stereocenters. The number of hydrazine groups is 1. The molecule has 0 aromatic heterocycles. The topological polar surface area (TPSA) is 76.7 Å². The Balaban J connectivity index is 1.84. The van der Waals surface area contributed by atoms with Gasteiger partial charge in [0.25, 0.3) is 11.8 Å². The fourth-order valence-corrected chi connectivity index (χ4v) is 2.67. The second-order valence-corrected chi connectivity index (χ2v) is 6.69. The monoisotopic (exact) mass is 398 g/mol. The van der Waals surface area contributed by atoms with Gasteiger partial charge < -0.3 is 9.47 Å². The first kappa shape index (κ1) is 22.3. The highest BCUT2D eigenvalue weighted by molar-refractivity contribution is 6.00. The van der Waals surface area contributed by atoms with Gasteiger partial charge in [0.05, 0.1) is 18.8 Å². The molecular weight excluding hydrogens is 368 g/mol. The number of hydrogen-bond acceptors (Lipinski definition) is 4. The first-order valence-electron chi connectivity index (χ1n) is 10.2. The third-order valence-electron chi connectivity index (χ3n) is 4.27. The highest BCUT2D eigenvalue weighted by atomic mass is 16.5. The molecule has 0 spiro atoms. The van der Waals surface area contributed by atoms with Crippen molar-refractivity contribution in [3.63, 3.8) is 0 Å². The van der Waals surface area contributed by atoms with Gasteiger partial charge in [0.15, 0.2) is 0 Å². The molecule has 0 bridgehead atoms. The smallest absolute Gasteiger partial charge is 0.273 e. The maximum absolute atomic E-state index is 12.4.